The molecule has 1 aromatic rings. The number of hydrogen-bond donors (Lipinski definition) is 1. The van der Waals surface area contributed by atoms with E-state index >= 15 is 0 Å². The van der Waals surface area contributed by atoms with Crippen molar-refractivity contribution < 1.29 is 19.1 Å². The van der Waals surface area contributed by atoms with Crippen LogP contribution in [0, 0.1) is 0 Å². The Bertz CT molecular complexity index is 899. The minimum atomic E-state index is -0.454. The summed E-state index contributed by atoms with van der Waals surface area (Å²) in [6, 6.07) is 6.17. The Kier molecular flexibility index (Phi) is 6.30. The van der Waals surface area contributed by atoms with Crippen LogP contribution in [0.25, 0.3) is 0 Å². The van der Waals surface area contributed by atoms with Gasteiger partial charge in [-0.25, -0.2) is 0 Å². The van der Waals surface area contributed by atoms with E-state index in [1.165, 1.54) is 11.1 Å². The van der Waals surface area contributed by atoms with E-state index in [0.717, 1.165) is 38.2 Å². The molecular formula is C25H35N3O4. The molecule has 32 heavy (non-hydrogen) atoms. The molecule has 1 aromatic carbocycles. The number of fused-ring (bicyclic) bond motifs is 1. The van der Waals surface area contributed by atoms with Gasteiger partial charge in [0.15, 0.2) is 0 Å². The van der Waals surface area contributed by atoms with Gasteiger partial charge in [-0.15, -0.1) is 0 Å². The Balaban J connectivity index is 1.44. The van der Waals surface area contributed by atoms with Crippen molar-refractivity contribution in [3.05, 3.63) is 29.3 Å². The van der Waals surface area contributed by atoms with Gasteiger partial charge in [0.1, 0.15) is 11.6 Å². The minimum absolute atomic E-state index is 0.162. The predicted octanol–water partition coefficient (Wildman–Crippen LogP) is 2.94. The number of anilines is 1. The molecule has 2 amide bonds. The molecule has 7 nitrogen and oxygen atoms in total. The van der Waals surface area contributed by atoms with E-state index < -0.39 is 5.60 Å². The Hall–Kier alpha value is -2.41. The molecule has 1 N–H and O–H groups in total. The molecule has 0 spiro atoms. The van der Waals surface area contributed by atoms with E-state index in [1.807, 2.05) is 20.8 Å². The van der Waals surface area contributed by atoms with Crippen molar-refractivity contribution in [1.29, 1.82) is 0 Å². The first-order valence-corrected chi connectivity index (χ1v) is 11.8. The molecule has 3 aliphatic heterocycles. The molecule has 2 atom stereocenters. The van der Waals surface area contributed by atoms with Crippen LogP contribution in [0.2, 0.25) is 0 Å². The van der Waals surface area contributed by atoms with Crippen LogP contribution in [0.5, 0.6) is 0 Å². The molecule has 0 radical (unpaired) electrons. The molecule has 3 aliphatic rings. The third-order valence-corrected chi connectivity index (χ3v) is 6.78. The number of ether oxygens (including phenoxy) is 1. The number of carbonyl (C=O) groups is 3. The number of benzene rings is 1. The van der Waals surface area contributed by atoms with Crippen molar-refractivity contribution >= 4 is 23.5 Å². The molecule has 0 saturated carbocycles. The molecule has 2 fully saturated rings. The largest absolute Gasteiger partial charge is 0.459 e. The third-order valence-electron chi connectivity index (χ3n) is 6.78. The summed E-state index contributed by atoms with van der Waals surface area (Å²) in [5.74, 6) is 0.272. The molecule has 0 aromatic heterocycles. The molecule has 2 saturated heterocycles. The zero-order valence-corrected chi connectivity index (χ0v) is 19.6. The first kappa shape index (κ1) is 22.8. The van der Waals surface area contributed by atoms with Crippen LogP contribution in [0.15, 0.2) is 18.2 Å². The number of likely N-dealkylation sites (tertiary alicyclic amines) is 1. The highest BCUT2D eigenvalue weighted by Gasteiger charge is 2.39. The van der Waals surface area contributed by atoms with E-state index in [0.29, 0.717) is 31.2 Å². The monoisotopic (exact) mass is 441 g/mol. The maximum Gasteiger partial charge on any atom is 0.320 e. The number of nitrogens with one attached hydrogen (secondary N) is 1. The number of hydrogen-bond acceptors (Lipinski definition) is 6. The van der Waals surface area contributed by atoms with Gasteiger partial charge in [-0.3, -0.25) is 24.6 Å². The summed E-state index contributed by atoms with van der Waals surface area (Å²) in [5, 5.41) is 2.50. The molecule has 7 heteroatoms. The van der Waals surface area contributed by atoms with Gasteiger partial charge in [0.2, 0.25) is 11.8 Å². The van der Waals surface area contributed by atoms with Gasteiger partial charge in [0, 0.05) is 24.6 Å². The second-order valence-electron chi connectivity index (χ2n) is 10.4. The van der Waals surface area contributed by atoms with Crippen LogP contribution in [0.4, 0.5) is 5.69 Å². The van der Waals surface area contributed by atoms with Gasteiger partial charge in [-0.05, 0) is 76.2 Å². The van der Waals surface area contributed by atoms with Crippen molar-refractivity contribution in [2.24, 2.45) is 0 Å². The van der Waals surface area contributed by atoms with Gasteiger partial charge in [0.25, 0.3) is 0 Å². The highest BCUT2D eigenvalue weighted by molar-refractivity contribution is 6.02. The van der Waals surface area contributed by atoms with Crippen molar-refractivity contribution in [3.63, 3.8) is 0 Å². The van der Waals surface area contributed by atoms with Crippen molar-refractivity contribution in [2.75, 3.05) is 31.1 Å². The topological polar surface area (TPSA) is 79.0 Å². The second-order valence-corrected chi connectivity index (χ2v) is 10.4. The summed E-state index contributed by atoms with van der Waals surface area (Å²) in [6.07, 6.45) is 2.98. The summed E-state index contributed by atoms with van der Waals surface area (Å²) in [6.45, 7) is 10.8. The lowest BCUT2D eigenvalue weighted by molar-refractivity contribution is -0.156. The highest BCUT2D eigenvalue weighted by atomic mass is 16.6. The van der Waals surface area contributed by atoms with Gasteiger partial charge < -0.3 is 9.64 Å². The number of piperidine rings is 2. The summed E-state index contributed by atoms with van der Waals surface area (Å²) < 4.78 is 5.47. The molecular weight excluding hydrogens is 406 g/mol. The summed E-state index contributed by atoms with van der Waals surface area (Å²) >= 11 is 0. The van der Waals surface area contributed by atoms with E-state index in [4.69, 9.17) is 4.74 Å². The number of amides is 2. The lowest BCUT2D eigenvalue weighted by Gasteiger charge is -2.34. The average molecular weight is 442 g/mol. The highest BCUT2D eigenvalue weighted by Crippen LogP contribution is 2.44. The Labute approximate surface area is 190 Å². The van der Waals surface area contributed by atoms with Crippen molar-refractivity contribution in [3.8, 4) is 0 Å². The number of imide groups is 1. The molecule has 4 rings (SSSR count). The van der Waals surface area contributed by atoms with Gasteiger partial charge >= 0.3 is 5.97 Å². The molecule has 174 valence electrons. The number of esters is 1. The van der Waals surface area contributed by atoms with Crippen LogP contribution in [0.1, 0.15) is 76.3 Å². The fourth-order valence-corrected chi connectivity index (χ4v) is 5.43. The number of nitrogens with zero attached hydrogens (tertiary/aromatic N) is 2. The fourth-order valence-electron chi connectivity index (χ4n) is 5.43. The minimum Gasteiger partial charge on any atom is -0.459 e. The lowest BCUT2D eigenvalue weighted by Crippen LogP contribution is -2.52. The van der Waals surface area contributed by atoms with Crippen molar-refractivity contribution in [1.82, 2.24) is 10.2 Å². The van der Waals surface area contributed by atoms with Crippen LogP contribution >= 0.6 is 0 Å². The third kappa shape index (κ3) is 4.82. The van der Waals surface area contributed by atoms with E-state index in [9.17, 15) is 14.4 Å². The predicted molar refractivity (Wildman–Crippen MR) is 123 cm³/mol. The maximum atomic E-state index is 12.5. The van der Waals surface area contributed by atoms with Gasteiger partial charge in [-0.2, -0.15) is 0 Å². The molecule has 0 bridgehead atoms. The fraction of sp³-hybridized carbons (Fsp3) is 0.640. The van der Waals surface area contributed by atoms with Gasteiger partial charge in [-0.1, -0.05) is 19.1 Å². The molecule has 0 aliphatic carbocycles. The Morgan fingerprint density at radius 1 is 1.16 bits per heavy atom. The normalized spacial score (nSPS) is 24.9. The van der Waals surface area contributed by atoms with Crippen LogP contribution in [-0.2, 0) is 19.1 Å². The SMILES string of the molecule is C[C@@H]1CN(C2CCC(=O)NC2=O)c2cccc(C3CCN(CC(=O)OC(C)(C)C)CC3)c21. The average Bonchev–Trinajstić information content (AvgIpc) is 3.04. The zero-order chi connectivity index (χ0) is 23.0. The van der Waals surface area contributed by atoms with E-state index in [-0.39, 0.29) is 23.8 Å². The smallest absolute Gasteiger partial charge is 0.320 e. The number of carbonyl (C=O) groups excluding carboxylic acids is 3. The van der Waals surface area contributed by atoms with E-state index in [2.05, 4.69) is 40.2 Å². The molecule has 1 unspecified atom stereocenters. The Morgan fingerprint density at radius 3 is 2.53 bits per heavy atom. The first-order valence-electron chi connectivity index (χ1n) is 11.8. The van der Waals surface area contributed by atoms with Crippen LogP contribution in [-0.4, -0.2) is 60.5 Å². The van der Waals surface area contributed by atoms with Crippen molar-refractivity contribution in [2.45, 2.75) is 76.9 Å². The summed E-state index contributed by atoms with van der Waals surface area (Å²) in [4.78, 5) is 40.6. The lowest BCUT2D eigenvalue weighted by atomic mass is 9.83. The summed E-state index contributed by atoms with van der Waals surface area (Å²) in [5.41, 5.74) is 3.41. The quantitative estimate of drug-likeness (QED) is 0.572. The van der Waals surface area contributed by atoms with Crippen LogP contribution < -0.4 is 10.2 Å². The van der Waals surface area contributed by atoms with E-state index in [1.54, 1.807) is 0 Å². The first-order chi connectivity index (χ1) is 15.1. The number of rotatable bonds is 4. The van der Waals surface area contributed by atoms with Crippen LogP contribution in [0.3, 0.4) is 0 Å². The van der Waals surface area contributed by atoms with Gasteiger partial charge in [0.05, 0.1) is 6.54 Å². The Morgan fingerprint density at radius 2 is 1.88 bits per heavy atom. The zero-order valence-electron chi connectivity index (χ0n) is 19.6. The standard InChI is InChI=1S/C25H35N3O4/c1-16-14-28(20-8-9-21(29)26-24(20)31)19-7-5-6-18(23(16)19)17-10-12-27(13-11-17)15-22(30)32-25(2,3)4/h5-7,16-17,20H,8-15H2,1-4H3,(H,26,29,31)/t16-,20?/m1/s1. The molecule has 3 heterocycles. The summed E-state index contributed by atoms with van der Waals surface area (Å²) in [7, 11) is 0. The second kappa shape index (κ2) is 8.85. The maximum absolute atomic E-state index is 12.5.